The molecule has 0 fully saturated rings. The van der Waals surface area contributed by atoms with E-state index in [0.717, 1.165) is 24.3 Å². The molecule has 3 aromatic rings. The summed E-state index contributed by atoms with van der Waals surface area (Å²) in [6.45, 7) is 0. The quantitative estimate of drug-likeness (QED) is 0.176. The van der Waals surface area contributed by atoms with Gasteiger partial charge in [0, 0.05) is 28.8 Å². The zero-order chi connectivity index (χ0) is 22.2. The monoisotopic (exact) mass is 426 g/mol. The number of nitrogens with two attached hydrogens (primary N) is 1. The molecule has 0 spiro atoms. The highest BCUT2D eigenvalue weighted by atomic mass is 19.4. The Bertz CT molecular complexity index is 1140. The molecule has 0 unspecified atom stereocenters. The first-order chi connectivity index (χ1) is 14.0. The Morgan fingerprint density at radius 3 is 2.03 bits per heavy atom. The van der Waals surface area contributed by atoms with Gasteiger partial charge in [-0.25, -0.2) is 13.2 Å². The van der Waals surface area contributed by atoms with Gasteiger partial charge < -0.3 is 16.0 Å². The van der Waals surface area contributed by atoms with Gasteiger partial charge in [0.05, 0.1) is 5.56 Å². The number of benzene rings is 3. The van der Waals surface area contributed by atoms with Crippen LogP contribution in [0.25, 0.3) is 22.3 Å². The van der Waals surface area contributed by atoms with Crippen LogP contribution in [0.1, 0.15) is 11.1 Å². The number of phenolic OH excluding ortho intramolecular Hbond substituents is 1. The van der Waals surface area contributed by atoms with Crippen LogP contribution in [-0.4, -0.2) is 16.1 Å². The van der Waals surface area contributed by atoms with Crippen LogP contribution in [0.2, 0.25) is 0 Å². The van der Waals surface area contributed by atoms with Crippen molar-refractivity contribution < 1.29 is 36.7 Å². The van der Waals surface area contributed by atoms with Crippen molar-refractivity contribution in [3.05, 3.63) is 77.1 Å². The predicted molar refractivity (Wildman–Crippen MR) is 96.4 cm³/mol. The summed E-state index contributed by atoms with van der Waals surface area (Å²) in [6.07, 6.45) is -4.90. The van der Waals surface area contributed by atoms with Crippen LogP contribution in [-0.2, 0) is 6.18 Å². The molecule has 4 nitrogen and oxygen atoms in total. The van der Waals surface area contributed by atoms with Crippen LogP contribution in [0.5, 0.6) is 5.75 Å². The van der Waals surface area contributed by atoms with E-state index in [0.29, 0.717) is 24.3 Å². The number of halogens is 6. The number of nitrogens with zero attached hydrogens (tertiary/aromatic N) is 1. The topological polar surface area (TPSA) is 78.8 Å². The van der Waals surface area contributed by atoms with Gasteiger partial charge in [-0.1, -0.05) is 5.16 Å². The molecule has 4 N–H and O–H groups in total. The third-order valence-electron chi connectivity index (χ3n) is 4.24. The molecule has 0 bridgehead atoms. The maximum Gasteiger partial charge on any atom is 0.416 e. The summed E-state index contributed by atoms with van der Waals surface area (Å²) in [6, 6.07) is 5.93. The first-order valence-corrected chi connectivity index (χ1v) is 8.19. The zero-order valence-corrected chi connectivity index (χ0v) is 14.8. The van der Waals surface area contributed by atoms with E-state index in [4.69, 9.17) is 10.9 Å². The van der Waals surface area contributed by atoms with Crippen molar-refractivity contribution in [2.45, 2.75) is 6.18 Å². The highest BCUT2D eigenvalue weighted by molar-refractivity contribution is 6.07. The molecular formula is C20H12F6N2O2. The minimum atomic E-state index is -4.90. The average Bonchev–Trinajstić information content (AvgIpc) is 2.65. The maximum absolute atomic E-state index is 14.5. The molecule has 0 amide bonds. The van der Waals surface area contributed by atoms with Gasteiger partial charge in [0.2, 0.25) is 0 Å². The Balaban J connectivity index is 2.51. The van der Waals surface area contributed by atoms with Crippen molar-refractivity contribution in [1.82, 2.24) is 0 Å². The van der Waals surface area contributed by atoms with Gasteiger partial charge in [-0.15, -0.1) is 0 Å². The molecular weight excluding hydrogens is 414 g/mol. The minimum Gasteiger partial charge on any atom is -0.508 e. The third-order valence-corrected chi connectivity index (χ3v) is 4.24. The van der Waals surface area contributed by atoms with Gasteiger partial charge in [-0.05, 0) is 47.5 Å². The lowest BCUT2D eigenvalue weighted by Gasteiger charge is -2.19. The lowest BCUT2D eigenvalue weighted by atomic mass is 9.87. The summed E-state index contributed by atoms with van der Waals surface area (Å²) in [4.78, 5) is 0. The fraction of sp³-hybridized carbons (Fsp3) is 0.0500. The molecule has 156 valence electrons. The van der Waals surface area contributed by atoms with Gasteiger partial charge in [-0.3, -0.25) is 0 Å². The molecule has 10 heteroatoms. The number of hydrogen-bond acceptors (Lipinski definition) is 3. The number of amidine groups is 1. The SMILES string of the molecule is N/C(=N/O)c1cc(C(F)(F)F)cc(-c2ccc(O)cc2F)c1-c1cc(F)cc(F)c1. The van der Waals surface area contributed by atoms with E-state index >= 15 is 0 Å². The van der Waals surface area contributed by atoms with Crippen molar-refractivity contribution in [2.75, 3.05) is 0 Å². The summed E-state index contributed by atoms with van der Waals surface area (Å²) in [7, 11) is 0. The second-order valence-electron chi connectivity index (χ2n) is 6.25. The summed E-state index contributed by atoms with van der Waals surface area (Å²) in [5.41, 5.74) is 2.32. The van der Waals surface area contributed by atoms with Gasteiger partial charge in [0.15, 0.2) is 5.84 Å². The summed E-state index contributed by atoms with van der Waals surface area (Å²) < 4.78 is 82.6. The lowest BCUT2D eigenvalue weighted by molar-refractivity contribution is -0.137. The summed E-state index contributed by atoms with van der Waals surface area (Å²) in [5, 5.41) is 21.1. The normalized spacial score (nSPS) is 12.3. The second-order valence-corrected chi connectivity index (χ2v) is 6.25. The third kappa shape index (κ3) is 4.02. The highest BCUT2D eigenvalue weighted by Crippen LogP contribution is 2.42. The van der Waals surface area contributed by atoms with Gasteiger partial charge in [0.25, 0.3) is 0 Å². The number of rotatable bonds is 3. The Kier molecular flexibility index (Phi) is 5.34. The molecule has 0 saturated carbocycles. The largest absolute Gasteiger partial charge is 0.508 e. The Labute approximate surface area is 165 Å². The smallest absolute Gasteiger partial charge is 0.416 e. The van der Waals surface area contributed by atoms with Crippen LogP contribution < -0.4 is 5.73 Å². The van der Waals surface area contributed by atoms with Crippen LogP contribution >= 0.6 is 0 Å². The Morgan fingerprint density at radius 1 is 0.867 bits per heavy atom. The van der Waals surface area contributed by atoms with E-state index in [1.165, 1.54) is 0 Å². The van der Waals surface area contributed by atoms with Gasteiger partial charge in [0.1, 0.15) is 23.2 Å². The average molecular weight is 426 g/mol. The molecule has 3 aromatic carbocycles. The van der Waals surface area contributed by atoms with Crippen molar-refractivity contribution in [2.24, 2.45) is 10.9 Å². The van der Waals surface area contributed by atoms with E-state index in [9.17, 15) is 31.4 Å². The molecule has 0 saturated heterocycles. The number of aromatic hydroxyl groups is 1. The molecule has 0 atom stereocenters. The molecule has 0 aromatic heterocycles. The molecule has 0 aliphatic carbocycles. The molecule has 0 aliphatic heterocycles. The van der Waals surface area contributed by atoms with Gasteiger partial charge >= 0.3 is 6.18 Å². The number of phenols is 1. The molecule has 0 heterocycles. The van der Waals surface area contributed by atoms with Crippen LogP contribution in [0.15, 0.2) is 53.7 Å². The lowest BCUT2D eigenvalue weighted by Crippen LogP contribution is -2.17. The van der Waals surface area contributed by atoms with Crippen molar-refractivity contribution >= 4 is 5.84 Å². The van der Waals surface area contributed by atoms with Crippen LogP contribution in [0.4, 0.5) is 26.3 Å². The van der Waals surface area contributed by atoms with E-state index < -0.39 is 57.5 Å². The number of hydrogen-bond donors (Lipinski definition) is 3. The molecule has 30 heavy (non-hydrogen) atoms. The minimum absolute atomic E-state index is 0.273. The second kappa shape index (κ2) is 7.62. The van der Waals surface area contributed by atoms with E-state index in [1.807, 2.05) is 0 Å². The first-order valence-electron chi connectivity index (χ1n) is 8.19. The zero-order valence-electron chi connectivity index (χ0n) is 14.8. The summed E-state index contributed by atoms with van der Waals surface area (Å²) in [5.74, 6) is -4.47. The standard InChI is InChI=1S/C20H12F6N2O2/c21-11-3-9(4-12(22)7-11)18-15(14-2-1-13(29)8-17(14)23)5-10(20(24,25)26)6-16(18)19(27)28-30/h1-8,29-30H,(H2,27,28). The fourth-order valence-electron chi connectivity index (χ4n) is 3.01. The van der Waals surface area contributed by atoms with Gasteiger partial charge in [-0.2, -0.15) is 13.2 Å². The van der Waals surface area contributed by atoms with Crippen molar-refractivity contribution in [3.8, 4) is 28.0 Å². The van der Waals surface area contributed by atoms with E-state index in [2.05, 4.69) is 5.16 Å². The first kappa shape index (κ1) is 21.0. The Morgan fingerprint density at radius 2 is 1.50 bits per heavy atom. The van der Waals surface area contributed by atoms with Crippen LogP contribution in [0.3, 0.4) is 0 Å². The van der Waals surface area contributed by atoms with Crippen LogP contribution in [0, 0.1) is 17.5 Å². The maximum atomic E-state index is 14.5. The Hall–Kier alpha value is -3.69. The molecule has 0 radical (unpaired) electrons. The van der Waals surface area contributed by atoms with Crippen molar-refractivity contribution in [3.63, 3.8) is 0 Å². The number of alkyl halides is 3. The molecule has 0 aliphatic rings. The highest BCUT2D eigenvalue weighted by Gasteiger charge is 2.33. The number of oxime groups is 1. The van der Waals surface area contributed by atoms with E-state index in [1.54, 1.807) is 0 Å². The van der Waals surface area contributed by atoms with E-state index in [-0.39, 0.29) is 11.1 Å². The molecule has 3 rings (SSSR count). The fourth-order valence-corrected chi connectivity index (χ4v) is 3.01. The predicted octanol–water partition coefficient (Wildman–Crippen LogP) is 5.26. The van der Waals surface area contributed by atoms with Crippen molar-refractivity contribution in [1.29, 1.82) is 0 Å². The summed E-state index contributed by atoms with van der Waals surface area (Å²) >= 11 is 0.